The van der Waals surface area contributed by atoms with E-state index < -0.39 is 97.5 Å². The van der Waals surface area contributed by atoms with Crippen LogP contribution in [0.25, 0.3) is 0 Å². The number of ether oxygens (including phenoxy) is 4. The SMILES string of the molecule is CCC/C=C\C/C=C\CCCCCCCC(=O)OCC(COP(=O)(O)OCC(O)COP(=O)(O)OCC(COC(=O)CCCCCCCCCCCCCCCCC)OC(=O)CCCCCCC/C=C\C/C=C\CCC)OC(=O)CCCCCCC/C=C\C/C=C\CCC. The molecule has 3 N–H and O–H groups in total. The van der Waals surface area contributed by atoms with Crippen LogP contribution in [0.3, 0.4) is 0 Å². The van der Waals surface area contributed by atoms with Gasteiger partial charge >= 0.3 is 39.5 Å². The number of aliphatic hydroxyl groups is 1. The molecule has 19 heteroatoms. The Morgan fingerprint density at radius 3 is 0.830 bits per heavy atom. The lowest BCUT2D eigenvalue weighted by Crippen LogP contribution is -2.30. The van der Waals surface area contributed by atoms with Crippen molar-refractivity contribution in [1.82, 2.24) is 0 Å². The zero-order valence-electron chi connectivity index (χ0n) is 59.4. The topological polar surface area (TPSA) is 237 Å². The summed E-state index contributed by atoms with van der Waals surface area (Å²) >= 11 is 0. The number of carbonyl (C=O) groups is 4. The molecule has 0 amide bonds. The van der Waals surface area contributed by atoms with Crippen molar-refractivity contribution in [3.63, 3.8) is 0 Å². The predicted molar refractivity (Wildman–Crippen MR) is 381 cm³/mol. The molecule has 5 unspecified atom stereocenters. The fraction of sp³-hybridized carbons (Fsp3) is 0.787. The van der Waals surface area contributed by atoms with Crippen LogP contribution in [-0.2, 0) is 65.4 Å². The van der Waals surface area contributed by atoms with Gasteiger partial charge in [0, 0.05) is 25.7 Å². The molecule has 0 radical (unpaired) electrons. The number of hydrogen-bond donors (Lipinski definition) is 3. The van der Waals surface area contributed by atoms with E-state index in [4.69, 9.17) is 37.0 Å². The summed E-state index contributed by atoms with van der Waals surface area (Å²) in [6, 6.07) is 0. The minimum Gasteiger partial charge on any atom is -0.462 e. The van der Waals surface area contributed by atoms with Gasteiger partial charge in [-0.25, -0.2) is 9.13 Å². The van der Waals surface area contributed by atoms with Crippen LogP contribution in [0.1, 0.15) is 323 Å². The molecule has 94 heavy (non-hydrogen) atoms. The maximum absolute atomic E-state index is 13.0. The van der Waals surface area contributed by atoms with Crippen molar-refractivity contribution in [1.29, 1.82) is 0 Å². The third-order valence-corrected chi connectivity index (χ3v) is 17.5. The Morgan fingerprint density at radius 1 is 0.298 bits per heavy atom. The summed E-state index contributed by atoms with van der Waals surface area (Å²) in [5, 5.41) is 10.6. The summed E-state index contributed by atoms with van der Waals surface area (Å²) in [7, 11) is -9.94. The highest BCUT2D eigenvalue weighted by molar-refractivity contribution is 7.47. The maximum atomic E-state index is 13.0. The number of unbranched alkanes of at least 4 members (excludes halogenated alkanes) is 32. The minimum absolute atomic E-state index is 0.0773. The Balaban J connectivity index is 5.33. The van der Waals surface area contributed by atoms with Crippen molar-refractivity contribution in [3.8, 4) is 0 Å². The van der Waals surface area contributed by atoms with E-state index in [0.717, 1.165) is 173 Å². The zero-order chi connectivity index (χ0) is 69.0. The molecule has 0 rings (SSSR count). The molecule has 17 nitrogen and oxygen atoms in total. The van der Waals surface area contributed by atoms with Gasteiger partial charge in [-0.05, 0) is 103 Å². The smallest absolute Gasteiger partial charge is 0.462 e. The van der Waals surface area contributed by atoms with Crippen molar-refractivity contribution < 1.29 is 80.2 Å². The lowest BCUT2D eigenvalue weighted by Gasteiger charge is -2.21. The summed E-state index contributed by atoms with van der Waals surface area (Å²) in [6.45, 7) is 4.66. The van der Waals surface area contributed by atoms with E-state index in [1.807, 2.05) is 0 Å². The average molecular weight is 1370 g/mol. The third-order valence-electron chi connectivity index (χ3n) is 15.6. The number of aliphatic hydroxyl groups excluding tert-OH is 1. The minimum atomic E-state index is -4.97. The quantitative estimate of drug-likeness (QED) is 0.0169. The van der Waals surface area contributed by atoms with E-state index in [0.29, 0.717) is 25.7 Å². The molecule has 0 aromatic heterocycles. The van der Waals surface area contributed by atoms with Crippen LogP contribution < -0.4 is 0 Å². The number of rotatable bonds is 70. The van der Waals surface area contributed by atoms with Gasteiger partial charge in [-0.3, -0.25) is 37.3 Å². The third kappa shape index (κ3) is 67.1. The van der Waals surface area contributed by atoms with Gasteiger partial charge < -0.3 is 33.8 Å². The first kappa shape index (κ1) is 90.5. The molecule has 0 aliphatic heterocycles. The molecule has 0 saturated heterocycles. The number of esters is 4. The number of phosphoric ester groups is 2. The Morgan fingerprint density at radius 2 is 0.543 bits per heavy atom. The molecule has 0 aromatic carbocycles. The molecule has 0 aliphatic carbocycles. The highest BCUT2D eigenvalue weighted by Crippen LogP contribution is 2.45. The Hall–Kier alpha value is -3.50. The molecule has 5 atom stereocenters. The first-order valence-electron chi connectivity index (χ1n) is 37.2. The molecular weight excluding hydrogens is 1230 g/mol. The number of allylic oxidation sites excluding steroid dienone is 12. The Labute approximate surface area is 571 Å². The standard InChI is InChI=1S/C75H134O17P2/c1-5-9-13-17-21-25-29-33-34-38-40-44-48-52-56-60-73(78)86-66-71(92-75(80)62-58-54-50-46-42-37-32-28-24-20-16-12-8-4)68-90-94(83,84)88-64-69(76)63-87-93(81,82)89-67-70(91-74(79)61-57-53-49-45-41-36-31-27-23-19-15-11-7-3)65-85-72(77)59-55-51-47-43-39-35-30-26-22-18-14-10-6-2/h14-16,18-20,26-28,30-32,69-71,76H,5-13,17,21-25,29,33-68H2,1-4H3,(H,81,82)(H,83,84)/b18-14-,19-15-,20-16-,30-26-,31-27-,32-28-. The van der Waals surface area contributed by atoms with Crippen molar-refractivity contribution >= 4 is 39.5 Å². The van der Waals surface area contributed by atoms with Crippen molar-refractivity contribution in [2.75, 3.05) is 39.6 Å². The van der Waals surface area contributed by atoms with Gasteiger partial charge in [0.2, 0.25) is 0 Å². The number of hydrogen-bond acceptors (Lipinski definition) is 15. The van der Waals surface area contributed by atoms with Crippen LogP contribution in [0.4, 0.5) is 0 Å². The van der Waals surface area contributed by atoms with E-state index in [-0.39, 0.29) is 25.7 Å². The summed E-state index contributed by atoms with van der Waals surface area (Å²) in [5.41, 5.74) is 0. The van der Waals surface area contributed by atoms with E-state index in [9.17, 15) is 43.2 Å². The van der Waals surface area contributed by atoms with Gasteiger partial charge in [0.25, 0.3) is 0 Å². The Bertz CT molecular complexity index is 2070. The maximum Gasteiger partial charge on any atom is 0.472 e. The first-order valence-corrected chi connectivity index (χ1v) is 40.2. The van der Waals surface area contributed by atoms with Gasteiger partial charge in [0.1, 0.15) is 19.3 Å². The molecule has 546 valence electrons. The van der Waals surface area contributed by atoms with Crippen LogP contribution in [0, 0.1) is 0 Å². The van der Waals surface area contributed by atoms with Crippen LogP contribution in [0.5, 0.6) is 0 Å². The first-order chi connectivity index (χ1) is 45.7. The van der Waals surface area contributed by atoms with Gasteiger partial charge in [-0.2, -0.15) is 0 Å². The second-order valence-electron chi connectivity index (χ2n) is 24.9. The van der Waals surface area contributed by atoms with Crippen LogP contribution in [-0.4, -0.2) is 96.7 Å². The molecule has 0 fully saturated rings. The monoisotopic (exact) mass is 1370 g/mol. The van der Waals surface area contributed by atoms with Gasteiger partial charge in [0.05, 0.1) is 26.4 Å². The van der Waals surface area contributed by atoms with Crippen LogP contribution >= 0.6 is 15.6 Å². The molecule has 0 bridgehead atoms. The normalized spacial score (nSPS) is 14.4. The molecule has 0 aliphatic rings. The second-order valence-corrected chi connectivity index (χ2v) is 27.8. The number of carbonyl (C=O) groups excluding carboxylic acids is 4. The fourth-order valence-corrected chi connectivity index (χ4v) is 11.5. The van der Waals surface area contributed by atoms with E-state index in [1.165, 1.54) is 70.6 Å². The van der Waals surface area contributed by atoms with Crippen molar-refractivity contribution in [3.05, 3.63) is 72.9 Å². The summed E-state index contributed by atoms with van der Waals surface area (Å²) < 4.78 is 68.3. The molecule has 0 aromatic rings. The average Bonchev–Trinajstić information content (AvgIpc) is 2.45. The fourth-order valence-electron chi connectivity index (χ4n) is 9.92. The lowest BCUT2D eigenvalue weighted by atomic mass is 10.0. The second kappa shape index (κ2) is 68.0. The summed E-state index contributed by atoms with van der Waals surface area (Å²) in [6.07, 6.45) is 66.1. The molecular formula is C75H134O17P2. The zero-order valence-corrected chi connectivity index (χ0v) is 61.2. The summed E-state index contributed by atoms with van der Waals surface area (Å²) in [5.74, 6) is -2.20. The van der Waals surface area contributed by atoms with Crippen LogP contribution in [0.2, 0.25) is 0 Å². The largest absolute Gasteiger partial charge is 0.472 e. The van der Waals surface area contributed by atoms with Gasteiger partial charge in [-0.15, -0.1) is 0 Å². The lowest BCUT2D eigenvalue weighted by molar-refractivity contribution is -0.161. The molecule has 0 heterocycles. The van der Waals surface area contributed by atoms with E-state index in [1.54, 1.807) is 0 Å². The van der Waals surface area contributed by atoms with Crippen LogP contribution in [0.15, 0.2) is 72.9 Å². The van der Waals surface area contributed by atoms with Gasteiger partial charge in [0.15, 0.2) is 12.2 Å². The van der Waals surface area contributed by atoms with E-state index in [2.05, 4.69) is 101 Å². The highest BCUT2D eigenvalue weighted by atomic mass is 31.2. The van der Waals surface area contributed by atoms with Crippen molar-refractivity contribution in [2.45, 2.75) is 341 Å². The molecule has 0 spiro atoms. The Kier molecular flexibility index (Phi) is 65.5. The van der Waals surface area contributed by atoms with Crippen molar-refractivity contribution in [2.24, 2.45) is 0 Å². The number of phosphoric acid groups is 2. The van der Waals surface area contributed by atoms with E-state index >= 15 is 0 Å². The predicted octanol–water partition coefficient (Wildman–Crippen LogP) is 20.9. The highest BCUT2D eigenvalue weighted by Gasteiger charge is 2.30. The molecule has 0 saturated carbocycles. The summed E-state index contributed by atoms with van der Waals surface area (Å²) in [4.78, 5) is 72.7. The van der Waals surface area contributed by atoms with Gasteiger partial charge in [-0.1, -0.05) is 268 Å².